The fraction of sp³-hybridized carbons (Fsp3) is 0.611. The summed E-state index contributed by atoms with van der Waals surface area (Å²) in [6.07, 6.45) is 1.18. The van der Waals surface area contributed by atoms with Crippen LogP contribution in [-0.2, 0) is 9.47 Å². The minimum absolute atomic E-state index is 0.501. The number of rotatable bonds is 3. The molecule has 1 aromatic carbocycles. The zero-order valence-corrected chi connectivity index (χ0v) is 14.8. The maximum Gasteiger partial charge on any atom is 0.186 e. The van der Waals surface area contributed by atoms with Crippen LogP contribution in [0.3, 0.4) is 0 Å². The van der Waals surface area contributed by atoms with Crippen molar-refractivity contribution in [3.63, 3.8) is 0 Å². The number of anilines is 1. The van der Waals surface area contributed by atoms with Gasteiger partial charge in [0, 0.05) is 32.1 Å². The molecule has 2 aliphatic heterocycles. The van der Waals surface area contributed by atoms with Crippen molar-refractivity contribution in [1.82, 2.24) is 9.88 Å². The van der Waals surface area contributed by atoms with E-state index in [2.05, 4.69) is 34.1 Å². The Kier molecular flexibility index (Phi) is 5.27. The van der Waals surface area contributed by atoms with Gasteiger partial charge in [0.15, 0.2) is 5.13 Å². The standard InChI is InChI=1S/C18H25N3O2S/c1-2-5-17-16(4-1)19-18(24-17)21-7-3-6-20(8-9-21)12-15-13-22-10-11-23-14-15/h1-2,4-5,15H,3,6-14H2. The number of nitrogens with zero attached hydrogens (tertiary/aromatic N) is 3. The van der Waals surface area contributed by atoms with Gasteiger partial charge in [-0.05, 0) is 25.1 Å². The summed E-state index contributed by atoms with van der Waals surface area (Å²) in [5, 5.41) is 1.17. The van der Waals surface area contributed by atoms with E-state index in [-0.39, 0.29) is 0 Å². The summed E-state index contributed by atoms with van der Waals surface area (Å²) in [5.41, 5.74) is 1.12. The van der Waals surface area contributed by atoms with Crippen LogP contribution < -0.4 is 4.90 Å². The topological polar surface area (TPSA) is 37.8 Å². The van der Waals surface area contributed by atoms with Crippen LogP contribution in [0.5, 0.6) is 0 Å². The van der Waals surface area contributed by atoms with Crippen molar-refractivity contribution in [3.05, 3.63) is 24.3 Å². The average Bonchev–Trinajstić information content (AvgIpc) is 2.76. The Morgan fingerprint density at radius 1 is 1.04 bits per heavy atom. The average molecular weight is 347 g/mol. The smallest absolute Gasteiger partial charge is 0.186 e. The van der Waals surface area contributed by atoms with Gasteiger partial charge in [0.05, 0.1) is 36.6 Å². The first kappa shape index (κ1) is 16.3. The molecule has 0 amide bonds. The minimum Gasteiger partial charge on any atom is -0.379 e. The third kappa shape index (κ3) is 3.88. The highest BCUT2D eigenvalue weighted by Crippen LogP contribution is 2.29. The van der Waals surface area contributed by atoms with Crippen molar-refractivity contribution in [2.24, 2.45) is 5.92 Å². The molecule has 0 unspecified atom stereocenters. The zero-order valence-electron chi connectivity index (χ0n) is 14.0. The molecular formula is C18H25N3O2S. The lowest BCUT2D eigenvalue weighted by Gasteiger charge is -2.25. The predicted octanol–water partition coefficient (Wildman–Crippen LogP) is 2.47. The van der Waals surface area contributed by atoms with Gasteiger partial charge >= 0.3 is 0 Å². The van der Waals surface area contributed by atoms with Crippen molar-refractivity contribution in [1.29, 1.82) is 0 Å². The summed E-state index contributed by atoms with van der Waals surface area (Å²) in [6, 6.07) is 8.41. The number of aromatic nitrogens is 1. The SMILES string of the molecule is c1ccc2sc(N3CCCN(CC4COCCOC4)CC3)nc2c1. The molecule has 130 valence electrons. The number of thiazole rings is 1. The molecule has 0 saturated carbocycles. The summed E-state index contributed by atoms with van der Waals surface area (Å²) in [5.74, 6) is 0.501. The van der Waals surface area contributed by atoms with Gasteiger partial charge in [-0.2, -0.15) is 0 Å². The van der Waals surface area contributed by atoms with Gasteiger partial charge in [-0.15, -0.1) is 0 Å². The van der Waals surface area contributed by atoms with Crippen LogP contribution in [-0.4, -0.2) is 69.0 Å². The summed E-state index contributed by atoms with van der Waals surface area (Å²) >= 11 is 1.81. The highest BCUT2D eigenvalue weighted by molar-refractivity contribution is 7.22. The molecule has 6 heteroatoms. The van der Waals surface area contributed by atoms with E-state index in [9.17, 15) is 0 Å². The molecule has 0 bridgehead atoms. The highest BCUT2D eigenvalue weighted by Gasteiger charge is 2.21. The van der Waals surface area contributed by atoms with Gasteiger partial charge in [-0.1, -0.05) is 23.5 Å². The Bertz CT molecular complexity index is 622. The molecule has 2 fully saturated rings. The molecule has 3 heterocycles. The molecule has 2 saturated heterocycles. The van der Waals surface area contributed by atoms with E-state index in [1.165, 1.54) is 16.3 Å². The number of hydrogen-bond acceptors (Lipinski definition) is 6. The number of para-hydroxylation sites is 1. The summed E-state index contributed by atoms with van der Waals surface area (Å²) in [6.45, 7) is 8.60. The van der Waals surface area contributed by atoms with E-state index in [0.29, 0.717) is 5.92 Å². The summed E-state index contributed by atoms with van der Waals surface area (Å²) in [4.78, 5) is 9.83. The Morgan fingerprint density at radius 3 is 2.71 bits per heavy atom. The van der Waals surface area contributed by atoms with Crippen LogP contribution in [0.1, 0.15) is 6.42 Å². The molecule has 2 aromatic rings. The van der Waals surface area contributed by atoms with Gasteiger partial charge < -0.3 is 19.3 Å². The molecule has 4 rings (SSSR count). The Hall–Kier alpha value is -1.21. The van der Waals surface area contributed by atoms with Gasteiger partial charge in [0.2, 0.25) is 0 Å². The van der Waals surface area contributed by atoms with E-state index < -0.39 is 0 Å². The molecule has 0 aliphatic carbocycles. The highest BCUT2D eigenvalue weighted by atomic mass is 32.1. The van der Waals surface area contributed by atoms with Crippen LogP contribution in [0.4, 0.5) is 5.13 Å². The molecule has 1 aromatic heterocycles. The molecule has 0 N–H and O–H groups in total. The molecular weight excluding hydrogens is 322 g/mol. The Balaban J connectivity index is 1.37. The number of hydrogen-bond donors (Lipinski definition) is 0. The molecule has 0 spiro atoms. The van der Waals surface area contributed by atoms with Crippen molar-refractivity contribution < 1.29 is 9.47 Å². The second-order valence-electron chi connectivity index (χ2n) is 6.62. The second kappa shape index (κ2) is 7.78. The quantitative estimate of drug-likeness (QED) is 0.853. The lowest BCUT2D eigenvalue weighted by atomic mass is 10.1. The minimum atomic E-state index is 0.501. The first-order valence-electron chi connectivity index (χ1n) is 8.87. The van der Waals surface area contributed by atoms with E-state index in [0.717, 1.165) is 64.7 Å². The Labute approximate surface area is 147 Å². The van der Waals surface area contributed by atoms with Crippen molar-refractivity contribution in [2.75, 3.05) is 64.1 Å². The predicted molar refractivity (Wildman–Crippen MR) is 98.0 cm³/mol. The maximum atomic E-state index is 5.63. The lowest BCUT2D eigenvalue weighted by Crippen LogP contribution is -2.36. The largest absolute Gasteiger partial charge is 0.379 e. The zero-order chi connectivity index (χ0) is 16.2. The first-order valence-corrected chi connectivity index (χ1v) is 9.68. The van der Waals surface area contributed by atoms with Crippen LogP contribution in [0.2, 0.25) is 0 Å². The van der Waals surface area contributed by atoms with Crippen molar-refractivity contribution in [2.45, 2.75) is 6.42 Å². The fourth-order valence-electron chi connectivity index (χ4n) is 3.48. The number of ether oxygens (including phenoxy) is 2. The number of fused-ring (bicyclic) bond motifs is 1. The third-order valence-corrected chi connectivity index (χ3v) is 5.83. The van der Waals surface area contributed by atoms with E-state index in [1.54, 1.807) is 0 Å². The fourth-order valence-corrected chi connectivity index (χ4v) is 4.49. The van der Waals surface area contributed by atoms with E-state index in [4.69, 9.17) is 14.5 Å². The van der Waals surface area contributed by atoms with E-state index in [1.807, 2.05) is 11.3 Å². The van der Waals surface area contributed by atoms with Gasteiger partial charge in [-0.25, -0.2) is 4.98 Å². The normalized spacial score (nSPS) is 21.8. The lowest BCUT2D eigenvalue weighted by molar-refractivity contribution is 0.103. The van der Waals surface area contributed by atoms with Crippen LogP contribution in [0.25, 0.3) is 10.2 Å². The van der Waals surface area contributed by atoms with Crippen LogP contribution >= 0.6 is 11.3 Å². The third-order valence-electron chi connectivity index (χ3n) is 4.74. The van der Waals surface area contributed by atoms with Gasteiger partial charge in [0.25, 0.3) is 0 Å². The maximum absolute atomic E-state index is 5.63. The molecule has 0 atom stereocenters. The molecule has 2 aliphatic rings. The van der Waals surface area contributed by atoms with Crippen molar-refractivity contribution >= 4 is 26.7 Å². The summed E-state index contributed by atoms with van der Waals surface area (Å²) < 4.78 is 12.5. The van der Waals surface area contributed by atoms with Crippen LogP contribution in [0, 0.1) is 5.92 Å². The first-order chi connectivity index (χ1) is 11.9. The number of benzene rings is 1. The van der Waals surface area contributed by atoms with Gasteiger partial charge in [-0.3, -0.25) is 0 Å². The molecule has 24 heavy (non-hydrogen) atoms. The molecule has 5 nitrogen and oxygen atoms in total. The monoisotopic (exact) mass is 347 g/mol. The van der Waals surface area contributed by atoms with Crippen molar-refractivity contribution in [3.8, 4) is 0 Å². The van der Waals surface area contributed by atoms with E-state index >= 15 is 0 Å². The van der Waals surface area contributed by atoms with Gasteiger partial charge in [0.1, 0.15) is 0 Å². The van der Waals surface area contributed by atoms with Crippen LogP contribution in [0.15, 0.2) is 24.3 Å². The second-order valence-corrected chi connectivity index (χ2v) is 7.63. The Morgan fingerprint density at radius 2 is 1.88 bits per heavy atom. The summed E-state index contributed by atoms with van der Waals surface area (Å²) in [7, 11) is 0. The molecule has 0 radical (unpaired) electrons.